The Kier molecular flexibility index (Phi) is 10.4. The molecule has 0 bridgehead atoms. The second-order valence-electron chi connectivity index (χ2n) is 22.7. The van der Waals surface area contributed by atoms with Gasteiger partial charge in [-0.1, -0.05) is 176 Å². The van der Waals surface area contributed by atoms with Crippen LogP contribution in [-0.4, -0.2) is 28.5 Å². The molecule has 374 valence electrons. The van der Waals surface area contributed by atoms with Crippen molar-refractivity contribution >= 4 is 0 Å². The van der Waals surface area contributed by atoms with E-state index in [4.69, 9.17) is 4.98 Å². The van der Waals surface area contributed by atoms with Gasteiger partial charge in [0.05, 0.1) is 23.2 Å². The summed E-state index contributed by atoms with van der Waals surface area (Å²) in [5, 5.41) is 0. The van der Waals surface area contributed by atoms with Crippen LogP contribution in [0.15, 0.2) is 207 Å². The van der Waals surface area contributed by atoms with Gasteiger partial charge in [0.2, 0.25) is 0 Å². The third-order valence-corrected chi connectivity index (χ3v) is 18.4. The van der Waals surface area contributed by atoms with Gasteiger partial charge in [0.15, 0.2) is 0 Å². The number of pyridine rings is 1. The number of hydrogen-bond donors (Lipinski definition) is 0. The third-order valence-electron chi connectivity index (χ3n) is 18.4. The summed E-state index contributed by atoms with van der Waals surface area (Å²) >= 11 is 0. The van der Waals surface area contributed by atoms with Gasteiger partial charge >= 0.3 is 0 Å². The molecule has 10 aromatic rings. The summed E-state index contributed by atoms with van der Waals surface area (Å²) in [4.78, 5) is 10.5. The summed E-state index contributed by atoms with van der Waals surface area (Å²) in [7, 11) is 2.19. The zero-order chi connectivity index (χ0) is 52.7. The van der Waals surface area contributed by atoms with Crippen LogP contribution in [0, 0.1) is 55.4 Å². The molecule has 0 atom stereocenters. The lowest BCUT2D eigenvalue weighted by Crippen LogP contribution is -2.45. The van der Waals surface area contributed by atoms with Crippen molar-refractivity contribution in [3.05, 3.63) is 312 Å². The van der Waals surface area contributed by atoms with Gasteiger partial charge in [0.1, 0.15) is 5.54 Å². The van der Waals surface area contributed by atoms with E-state index in [1.807, 2.05) is 0 Å². The quantitative estimate of drug-likeness (QED) is 0.159. The molecule has 0 saturated heterocycles. The lowest BCUT2D eigenvalue weighted by atomic mass is 9.64. The number of aryl methyl sites for hydroxylation is 8. The van der Waals surface area contributed by atoms with E-state index >= 15 is 0 Å². The van der Waals surface area contributed by atoms with Crippen molar-refractivity contribution in [2.45, 2.75) is 71.8 Å². The Morgan fingerprint density at radius 1 is 0.338 bits per heavy atom. The molecule has 1 aliphatic heterocycles. The smallest absolute Gasteiger partial charge is 0.118 e. The van der Waals surface area contributed by atoms with Crippen LogP contribution in [0.2, 0.25) is 0 Å². The Morgan fingerprint density at radius 2 is 0.675 bits per heavy atom. The molecule has 3 aliphatic carbocycles. The minimum atomic E-state index is -0.761. The first-order chi connectivity index (χ1) is 37.4. The molecule has 3 heteroatoms. The molecular weight excluding hydrogens is 931 g/mol. The minimum Gasteiger partial charge on any atom is -0.362 e. The van der Waals surface area contributed by atoms with Crippen molar-refractivity contribution in [1.82, 2.24) is 14.8 Å². The van der Waals surface area contributed by atoms with E-state index in [0.717, 1.165) is 12.4 Å². The second kappa shape index (κ2) is 17.0. The predicted octanol–water partition coefficient (Wildman–Crippen LogP) is 16.9. The van der Waals surface area contributed by atoms with E-state index in [2.05, 4.69) is 279 Å². The SMILES string of the molecule is Cc1cccc(C)c1-c1ccnc(C2(c3cccc(C4(c5cccc(C6(N7C=CN(C)C7)c7cccc(C)c7-c7c(C)cccc76)c5)c5cccc(C)c5-c5c(C)cccc54)c3)c3cccc(C)c3-c3c(C)cccc32)c1. The largest absolute Gasteiger partial charge is 0.362 e. The molecule has 3 nitrogen and oxygen atoms in total. The molecule has 9 aromatic carbocycles. The van der Waals surface area contributed by atoms with Gasteiger partial charge in [-0.2, -0.15) is 0 Å². The van der Waals surface area contributed by atoms with Crippen molar-refractivity contribution in [2.75, 3.05) is 13.7 Å². The topological polar surface area (TPSA) is 19.4 Å². The van der Waals surface area contributed by atoms with Crippen LogP contribution in [0.25, 0.3) is 44.5 Å². The fourth-order valence-electron chi connectivity index (χ4n) is 15.4. The Hall–Kier alpha value is -8.53. The zero-order valence-electron chi connectivity index (χ0n) is 45.7. The Balaban J connectivity index is 1.10. The van der Waals surface area contributed by atoms with E-state index in [9.17, 15) is 0 Å². The molecule has 0 fully saturated rings. The van der Waals surface area contributed by atoms with Gasteiger partial charge in [-0.3, -0.25) is 4.98 Å². The standard InChI is InChI=1S/C74H63N3/c1-45-19-10-20-46(2)65(45)53-37-38-75-64(41-53)73(60-33-13-23-49(5)68(60)69-50(6)24-14-34-61(69)73)56-29-17-27-54(42-56)72(58-31-11-21-47(3)66(58)67-48(4)22-12-32-59(67)72)55-28-18-30-57(43-55)74(77-40-39-76(9)44-77)62-35-15-25-51(7)70(62)71-52(8)26-16-36-63(71)74/h10-43H,44H2,1-9H3. The average Bonchev–Trinajstić information content (AvgIpc) is 4.07. The zero-order valence-corrected chi connectivity index (χ0v) is 45.7. The maximum absolute atomic E-state index is 5.55. The number of aromatic nitrogens is 1. The first kappa shape index (κ1) is 47.0. The van der Waals surface area contributed by atoms with Crippen molar-refractivity contribution < 1.29 is 0 Å². The van der Waals surface area contributed by atoms with Crippen molar-refractivity contribution in [3.63, 3.8) is 0 Å². The lowest BCUT2D eigenvalue weighted by Gasteiger charge is -2.43. The van der Waals surface area contributed by atoms with Crippen molar-refractivity contribution in [2.24, 2.45) is 0 Å². The Labute approximate surface area is 454 Å². The Morgan fingerprint density at radius 3 is 1.10 bits per heavy atom. The lowest BCUT2D eigenvalue weighted by molar-refractivity contribution is 0.198. The maximum atomic E-state index is 5.55. The number of nitrogens with zero attached hydrogens (tertiary/aromatic N) is 3. The van der Waals surface area contributed by atoms with Crippen LogP contribution in [0.5, 0.6) is 0 Å². The summed E-state index contributed by atoms with van der Waals surface area (Å²) in [6.07, 6.45) is 6.62. The van der Waals surface area contributed by atoms with Crippen LogP contribution < -0.4 is 0 Å². The molecule has 0 saturated carbocycles. The first-order valence-corrected chi connectivity index (χ1v) is 27.4. The maximum Gasteiger partial charge on any atom is 0.118 e. The highest BCUT2D eigenvalue weighted by Gasteiger charge is 2.54. The van der Waals surface area contributed by atoms with Gasteiger partial charge in [-0.15, -0.1) is 0 Å². The van der Waals surface area contributed by atoms with Gasteiger partial charge in [-0.25, -0.2) is 0 Å². The monoisotopic (exact) mass is 994 g/mol. The number of hydrogen-bond acceptors (Lipinski definition) is 3. The van der Waals surface area contributed by atoms with Crippen molar-refractivity contribution in [1.29, 1.82) is 0 Å². The highest BCUT2D eigenvalue weighted by atomic mass is 15.4. The van der Waals surface area contributed by atoms with Gasteiger partial charge < -0.3 is 9.80 Å². The number of benzene rings is 9. The summed E-state index contributed by atoms with van der Waals surface area (Å²) < 4.78 is 0. The molecule has 2 heterocycles. The molecule has 0 spiro atoms. The van der Waals surface area contributed by atoms with Crippen molar-refractivity contribution in [3.8, 4) is 44.5 Å². The molecule has 0 unspecified atom stereocenters. The molecule has 0 amide bonds. The van der Waals surface area contributed by atoms with Crippen LogP contribution in [0.4, 0.5) is 0 Å². The van der Waals surface area contributed by atoms with Crippen LogP contribution in [0.1, 0.15) is 106 Å². The highest BCUT2D eigenvalue weighted by molar-refractivity contribution is 5.93. The predicted molar refractivity (Wildman–Crippen MR) is 318 cm³/mol. The third kappa shape index (κ3) is 6.17. The van der Waals surface area contributed by atoms with E-state index in [0.29, 0.717) is 0 Å². The molecule has 0 N–H and O–H groups in total. The van der Waals surface area contributed by atoms with E-state index in [1.54, 1.807) is 0 Å². The summed E-state index contributed by atoms with van der Waals surface area (Å²) in [6.45, 7) is 19.0. The van der Waals surface area contributed by atoms with E-state index in [1.165, 1.54) is 145 Å². The van der Waals surface area contributed by atoms with E-state index < -0.39 is 16.4 Å². The normalized spacial score (nSPS) is 15.5. The second-order valence-corrected chi connectivity index (χ2v) is 22.7. The molecule has 77 heavy (non-hydrogen) atoms. The summed E-state index contributed by atoms with van der Waals surface area (Å²) in [5.41, 5.74) is 32.4. The molecule has 1 aromatic heterocycles. The van der Waals surface area contributed by atoms with Gasteiger partial charge in [0, 0.05) is 25.6 Å². The Bertz CT molecular complexity index is 3990. The molecule has 0 radical (unpaired) electrons. The molecular formula is C74H63N3. The first-order valence-electron chi connectivity index (χ1n) is 27.4. The van der Waals surface area contributed by atoms with Crippen LogP contribution in [0.3, 0.4) is 0 Å². The number of rotatable bonds is 7. The minimum absolute atomic E-state index is 0.615. The van der Waals surface area contributed by atoms with Gasteiger partial charge in [-0.05, 0) is 212 Å². The van der Waals surface area contributed by atoms with Crippen LogP contribution in [-0.2, 0) is 16.4 Å². The highest BCUT2D eigenvalue weighted by Crippen LogP contribution is 2.63. The fraction of sp³-hybridized carbons (Fsp3) is 0.176. The summed E-state index contributed by atoms with van der Waals surface area (Å²) in [6, 6.07) is 72.6. The molecule has 14 rings (SSSR count). The van der Waals surface area contributed by atoms with E-state index in [-0.39, 0.29) is 0 Å². The van der Waals surface area contributed by atoms with Gasteiger partial charge in [0.25, 0.3) is 0 Å². The fourth-order valence-corrected chi connectivity index (χ4v) is 15.4. The molecule has 4 aliphatic rings. The number of fused-ring (bicyclic) bond motifs is 9. The van der Waals surface area contributed by atoms with Crippen LogP contribution >= 0.6 is 0 Å². The average molecular weight is 994 g/mol. The summed E-state index contributed by atoms with van der Waals surface area (Å²) in [5.74, 6) is 0.